The van der Waals surface area contributed by atoms with Crippen molar-refractivity contribution in [3.8, 4) is 6.07 Å². The van der Waals surface area contributed by atoms with Crippen molar-refractivity contribution in [1.29, 1.82) is 5.26 Å². The van der Waals surface area contributed by atoms with E-state index in [2.05, 4.69) is 19.2 Å². The molecule has 6 heteroatoms. The Labute approximate surface area is 156 Å². The number of amides is 1. The summed E-state index contributed by atoms with van der Waals surface area (Å²) in [6.45, 7) is 8.22. The van der Waals surface area contributed by atoms with E-state index in [0.717, 1.165) is 16.8 Å². The highest BCUT2D eigenvalue weighted by Crippen LogP contribution is 2.27. The molecule has 142 valence electrons. The van der Waals surface area contributed by atoms with Crippen molar-refractivity contribution in [2.24, 2.45) is 0 Å². The molecule has 0 radical (unpaired) electrons. The van der Waals surface area contributed by atoms with Gasteiger partial charge in [0, 0.05) is 39.2 Å². The molecule has 26 heavy (non-hydrogen) atoms. The van der Waals surface area contributed by atoms with E-state index in [4.69, 9.17) is 9.47 Å². The monoisotopic (exact) mass is 359 g/mol. The van der Waals surface area contributed by atoms with Crippen LogP contribution in [0, 0.1) is 18.3 Å². The molecule has 0 bridgehead atoms. The van der Waals surface area contributed by atoms with Crippen molar-refractivity contribution < 1.29 is 14.3 Å². The van der Waals surface area contributed by atoms with E-state index in [9.17, 15) is 10.1 Å². The molecular formula is C20H29N3O3. The first-order chi connectivity index (χ1) is 12.4. The van der Waals surface area contributed by atoms with Gasteiger partial charge in [0.15, 0.2) is 0 Å². The fourth-order valence-corrected chi connectivity index (χ4v) is 2.50. The Morgan fingerprint density at radius 3 is 2.38 bits per heavy atom. The summed E-state index contributed by atoms with van der Waals surface area (Å²) in [7, 11) is 3.23. The van der Waals surface area contributed by atoms with E-state index in [1.54, 1.807) is 20.4 Å². The number of benzene rings is 1. The standard InChI is InChI=1S/C20H29N3O3/c1-15(2)18-8-6-7-16(3)19(18)22-20(24)17(13-21)14-23(9-11-25-4)10-12-26-5/h6-8,14-15H,9-12H2,1-5H3,(H,22,24)/b17-14-. The molecule has 0 saturated carbocycles. The van der Waals surface area contributed by atoms with Crippen LogP contribution in [-0.4, -0.2) is 51.3 Å². The van der Waals surface area contributed by atoms with Gasteiger partial charge in [-0.25, -0.2) is 0 Å². The van der Waals surface area contributed by atoms with Crippen LogP contribution in [0.15, 0.2) is 30.0 Å². The number of rotatable bonds is 10. The summed E-state index contributed by atoms with van der Waals surface area (Å²) in [6.07, 6.45) is 1.57. The number of methoxy groups -OCH3 is 2. The lowest BCUT2D eigenvalue weighted by molar-refractivity contribution is -0.112. The van der Waals surface area contributed by atoms with Crippen LogP contribution in [0.25, 0.3) is 0 Å². The highest BCUT2D eigenvalue weighted by atomic mass is 16.5. The van der Waals surface area contributed by atoms with E-state index >= 15 is 0 Å². The lowest BCUT2D eigenvalue weighted by Gasteiger charge is -2.20. The van der Waals surface area contributed by atoms with Crippen LogP contribution >= 0.6 is 0 Å². The number of hydrogen-bond acceptors (Lipinski definition) is 5. The third kappa shape index (κ3) is 6.51. The second-order valence-corrected chi connectivity index (χ2v) is 6.32. The maximum atomic E-state index is 12.7. The molecule has 0 fully saturated rings. The maximum Gasteiger partial charge on any atom is 0.267 e. The molecule has 1 amide bonds. The molecule has 1 rings (SSSR count). The van der Waals surface area contributed by atoms with Crippen LogP contribution in [-0.2, 0) is 14.3 Å². The van der Waals surface area contributed by atoms with Gasteiger partial charge in [-0.15, -0.1) is 0 Å². The lowest BCUT2D eigenvalue weighted by atomic mass is 9.98. The van der Waals surface area contributed by atoms with Gasteiger partial charge in [-0.05, 0) is 24.0 Å². The topological polar surface area (TPSA) is 74.6 Å². The highest BCUT2D eigenvalue weighted by molar-refractivity contribution is 6.07. The SMILES string of the molecule is COCCN(/C=C(/C#N)C(=O)Nc1c(C)cccc1C(C)C)CCOC. The first-order valence-electron chi connectivity index (χ1n) is 8.69. The van der Waals surface area contributed by atoms with Gasteiger partial charge < -0.3 is 19.7 Å². The smallest absolute Gasteiger partial charge is 0.267 e. The molecule has 0 aliphatic heterocycles. The fraction of sp³-hybridized carbons (Fsp3) is 0.500. The Hall–Kier alpha value is -2.36. The predicted octanol–water partition coefficient (Wildman–Crippen LogP) is 3.06. The van der Waals surface area contributed by atoms with E-state index in [0.29, 0.717) is 26.3 Å². The molecule has 0 unspecified atom stereocenters. The van der Waals surface area contributed by atoms with Gasteiger partial charge in [0.1, 0.15) is 11.6 Å². The van der Waals surface area contributed by atoms with Crippen molar-refractivity contribution in [3.05, 3.63) is 41.1 Å². The average molecular weight is 359 g/mol. The number of carbonyl (C=O) groups excluding carboxylic acids is 1. The molecule has 0 atom stereocenters. The largest absolute Gasteiger partial charge is 0.383 e. The molecule has 0 aliphatic carbocycles. The molecule has 0 aliphatic rings. The zero-order valence-corrected chi connectivity index (χ0v) is 16.3. The highest BCUT2D eigenvalue weighted by Gasteiger charge is 2.16. The van der Waals surface area contributed by atoms with Crippen LogP contribution in [0.3, 0.4) is 0 Å². The Morgan fingerprint density at radius 1 is 1.27 bits per heavy atom. The van der Waals surface area contributed by atoms with E-state index < -0.39 is 5.91 Å². The number of nitriles is 1. The van der Waals surface area contributed by atoms with Crippen molar-refractivity contribution >= 4 is 11.6 Å². The quantitative estimate of drug-likeness (QED) is 0.513. The number of aryl methyl sites for hydroxylation is 1. The second-order valence-electron chi connectivity index (χ2n) is 6.32. The number of nitrogens with zero attached hydrogens (tertiary/aromatic N) is 2. The molecule has 1 aromatic carbocycles. The molecule has 0 saturated heterocycles. The number of nitrogens with one attached hydrogen (secondary N) is 1. The van der Waals surface area contributed by atoms with Crippen LogP contribution in [0.2, 0.25) is 0 Å². The van der Waals surface area contributed by atoms with Crippen molar-refractivity contribution in [1.82, 2.24) is 4.90 Å². The molecular weight excluding hydrogens is 330 g/mol. The number of carbonyl (C=O) groups is 1. The van der Waals surface area contributed by atoms with Gasteiger partial charge in [-0.1, -0.05) is 32.0 Å². The number of anilines is 1. The predicted molar refractivity (Wildman–Crippen MR) is 103 cm³/mol. The maximum absolute atomic E-state index is 12.7. The van der Waals surface area contributed by atoms with Crippen LogP contribution in [0.4, 0.5) is 5.69 Å². The van der Waals surface area contributed by atoms with Crippen molar-refractivity contribution in [2.45, 2.75) is 26.7 Å². The Bertz CT molecular complexity index is 655. The van der Waals surface area contributed by atoms with Gasteiger partial charge in [0.2, 0.25) is 0 Å². The summed E-state index contributed by atoms with van der Waals surface area (Å²) >= 11 is 0. The zero-order chi connectivity index (χ0) is 19.5. The summed E-state index contributed by atoms with van der Waals surface area (Å²) in [5.41, 5.74) is 2.84. The molecule has 6 nitrogen and oxygen atoms in total. The second kappa shape index (κ2) is 11.3. The van der Waals surface area contributed by atoms with Crippen LogP contribution < -0.4 is 5.32 Å². The molecule has 0 heterocycles. The molecule has 1 aromatic rings. The number of hydrogen-bond donors (Lipinski definition) is 1. The van der Waals surface area contributed by atoms with E-state index in [1.807, 2.05) is 36.1 Å². The Morgan fingerprint density at radius 2 is 1.88 bits per heavy atom. The van der Waals surface area contributed by atoms with Gasteiger partial charge in [-0.3, -0.25) is 4.79 Å². The molecule has 0 spiro atoms. The third-order valence-corrected chi connectivity index (χ3v) is 4.01. The third-order valence-electron chi connectivity index (χ3n) is 4.01. The van der Waals surface area contributed by atoms with Gasteiger partial charge in [0.25, 0.3) is 5.91 Å². The van der Waals surface area contributed by atoms with Gasteiger partial charge >= 0.3 is 0 Å². The minimum Gasteiger partial charge on any atom is -0.383 e. The fourth-order valence-electron chi connectivity index (χ4n) is 2.50. The van der Waals surface area contributed by atoms with Crippen molar-refractivity contribution in [3.63, 3.8) is 0 Å². The van der Waals surface area contributed by atoms with Gasteiger partial charge in [-0.2, -0.15) is 5.26 Å². The minimum absolute atomic E-state index is 0.0511. The Balaban J connectivity index is 3.03. The number of para-hydroxylation sites is 1. The molecule has 0 aromatic heterocycles. The summed E-state index contributed by atoms with van der Waals surface area (Å²) < 4.78 is 10.2. The van der Waals surface area contributed by atoms with E-state index in [-0.39, 0.29) is 11.5 Å². The van der Waals surface area contributed by atoms with Crippen LogP contribution in [0.1, 0.15) is 30.9 Å². The van der Waals surface area contributed by atoms with Crippen LogP contribution in [0.5, 0.6) is 0 Å². The minimum atomic E-state index is -0.413. The summed E-state index contributed by atoms with van der Waals surface area (Å²) in [5.74, 6) is -0.150. The summed E-state index contributed by atoms with van der Waals surface area (Å²) in [6, 6.07) is 7.91. The summed E-state index contributed by atoms with van der Waals surface area (Å²) in [5, 5.41) is 12.4. The van der Waals surface area contributed by atoms with E-state index in [1.165, 1.54) is 0 Å². The normalized spacial score (nSPS) is 11.3. The number of ether oxygens (including phenoxy) is 2. The lowest BCUT2D eigenvalue weighted by Crippen LogP contribution is -2.28. The zero-order valence-electron chi connectivity index (χ0n) is 16.3. The Kier molecular flexibility index (Phi) is 9.42. The van der Waals surface area contributed by atoms with Gasteiger partial charge in [0.05, 0.1) is 13.2 Å². The summed E-state index contributed by atoms with van der Waals surface area (Å²) in [4.78, 5) is 14.5. The first kappa shape index (κ1) is 21.7. The molecule has 1 N–H and O–H groups in total. The van der Waals surface area contributed by atoms with Crippen molar-refractivity contribution in [2.75, 3.05) is 45.8 Å². The average Bonchev–Trinajstić information content (AvgIpc) is 2.62. The first-order valence-corrected chi connectivity index (χ1v) is 8.69.